The van der Waals surface area contributed by atoms with Crippen molar-refractivity contribution in [2.24, 2.45) is 5.92 Å². The Morgan fingerprint density at radius 2 is 2.47 bits per heavy atom. The fourth-order valence-electron chi connectivity index (χ4n) is 2.32. The van der Waals surface area contributed by atoms with Crippen molar-refractivity contribution in [1.82, 2.24) is 20.3 Å². The fraction of sp³-hybridized carbons (Fsp3) is 0.818. The minimum Gasteiger partial charge on any atom is -0.316 e. The second kappa shape index (κ2) is 4.75. The van der Waals surface area contributed by atoms with Crippen LogP contribution in [-0.4, -0.2) is 28.1 Å². The van der Waals surface area contributed by atoms with E-state index in [0.29, 0.717) is 5.92 Å². The summed E-state index contributed by atoms with van der Waals surface area (Å²) in [5.41, 5.74) is 1.30. The van der Waals surface area contributed by atoms with E-state index in [0.717, 1.165) is 32.0 Å². The molecule has 0 saturated carbocycles. The second-order valence-electron chi connectivity index (χ2n) is 4.46. The molecule has 0 amide bonds. The predicted molar refractivity (Wildman–Crippen MR) is 59.7 cm³/mol. The molecule has 0 aliphatic carbocycles. The van der Waals surface area contributed by atoms with Gasteiger partial charge in [-0.25, -0.2) is 4.68 Å². The third-order valence-corrected chi connectivity index (χ3v) is 3.29. The van der Waals surface area contributed by atoms with Crippen molar-refractivity contribution in [2.75, 3.05) is 13.1 Å². The molecule has 4 nitrogen and oxygen atoms in total. The first-order valence-corrected chi connectivity index (χ1v) is 5.92. The van der Waals surface area contributed by atoms with Crippen molar-refractivity contribution in [3.05, 3.63) is 11.9 Å². The van der Waals surface area contributed by atoms with Crippen LogP contribution < -0.4 is 5.32 Å². The van der Waals surface area contributed by atoms with Crippen LogP contribution in [0.2, 0.25) is 0 Å². The Morgan fingerprint density at radius 3 is 3.20 bits per heavy atom. The molecule has 1 aliphatic heterocycles. The van der Waals surface area contributed by atoms with Crippen LogP contribution in [0.3, 0.4) is 0 Å². The van der Waals surface area contributed by atoms with Gasteiger partial charge in [-0.15, -0.1) is 5.10 Å². The highest BCUT2D eigenvalue weighted by atomic mass is 15.4. The molecule has 0 spiro atoms. The molecule has 1 aliphatic rings. The number of aromatic nitrogens is 3. The quantitative estimate of drug-likeness (QED) is 0.816. The molecule has 0 aromatic carbocycles. The fourth-order valence-corrected chi connectivity index (χ4v) is 2.32. The van der Waals surface area contributed by atoms with Gasteiger partial charge in [0.15, 0.2) is 0 Å². The highest BCUT2D eigenvalue weighted by Crippen LogP contribution is 2.28. The van der Waals surface area contributed by atoms with E-state index in [-0.39, 0.29) is 0 Å². The standard InChI is InChI=1S/C11H20N4/c1-3-6-15-11(8-13-14-15)10-7-12-5-4-9(10)2/h8-10,12H,3-7H2,1-2H3. The maximum Gasteiger partial charge on any atom is 0.0728 e. The van der Waals surface area contributed by atoms with Gasteiger partial charge in [-0.1, -0.05) is 19.1 Å². The van der Waals surface area contributed by atoms with Crippen LogP contribution in [-0.2, 0) is 6.54 Å². The molecular formula is C11H20N4. The molecule has 0 bridgehead atoms. The monoisotopic (exact) mass is 208 g/mol. The van der Waals surface area contributed by atoms with E-state index in [9.17, 15) is 0 Å². The lowest BCUT2D eigenvalue weighted by molar-refractivity contribution is 0.330. The first-order chi connectivity index (χ1) is 7.33. The molecule has 1 N–H and O–H groups in total. The summed E-state index contributed by atoms with van der Waals surface area (Å²) in [5, 5.41) is 11.6. The summed E-state index contributed by atoms with van der Waals surface area (Å²) < 4.78 is 2.06. The van der Waals surface area contributed by atoms with Gasteiger partial charge < -0.3 is 5.32 Å². The van der Waals surface area contributed by atoms with Crippen LogP contribution >= 0.6 is 0 Å². The number of nitrogens with one attached hydrogen (secondary N) is 1. The Labute approximate surface area is 91.1 Å². The van der Waals surface area contributed by atoms with Crippen molar-refractivity contribution in [2.45, 2.75) is 39.2 Å². The normalized spacial score (nSPS) is 26.8. The van der Waals surface area contributed by atoms with Crippen LogP contribution in [0.15, 0.2) is 6.20 Å². The third kappa shape index (κ3) is 2.20. The molecule has 84 valence electrons. The average molecular weight is 208 g/mol. The zero-order chi connectivity index (χ0) is 10.7. The van der Waals surface area contributed by atoms with Crippen LogP contribution in [0.1, 0.15) is 38.3 Å². The summed E-state index contributed by atoms with van der Waals surface area (Å²) in [6, 6.07) is 0. The lowest BCUT2D eigenvalue weighted by Gasteiger charge is -2.29. The van der Waals surface area contributed by atoms with Gasteiger partial charge >= 0.3 is 0 Å². The highest BCUT2D eigenvalue weighted by molar-refractivity contribution is 5.07. The molecule has 1 aromatic rings. The summed E-state index contributed by atoms with van der Waals surface area (Å²) in [6.07, 6.45) is 4.30. The summed E-state index contributed by atoms with van der Waals surface area (Å²) >= 11 is 0. The topological polar surface area (TPSA) is 42.7 Å². The Bertz CT molecular complexity index is 307. The van der Waals surface area contributed by atoms with Crippen molar-refractivity contribution in [3.8, 4) is 0 Å². The molecule has 1 fully saturated rings. The lowest BCUT2D eigenvalue weighted by Crippen LogP contribution is -2.35. The highest BCUT2D eigenvalue weighted by Gasteiger charge is 2.25. The molecule has 2 heterocycles. The zero-order valence-corrected chi connectivity index (χ0v) is 9.61. The molecule has 1 saturated heterocycles. The molecule has 0 radical (unpaired) electrons. The van der Waals surface area contributed by atoms with E-state index in [1.807, 2.05) is 6.20 Å². The zero-order valence-electron chi connectivity index (χ0n) is 9.61. The Kier molecular flexibility index (Phi) is 3.36. The number of piperidine rings is 1. The van der Waals surface area contributed by atoms with E-state index in [2.05, 4.69) is 34.2 Å². The summed E-state index contributed by atoms with van der Waals surface area (Å²) in [5.74, 6) is 1.32. The van der Waals surface area contributed by atoms with Crippen molar-refractivity contribution in [1.29, 1.82) is 0 Å². The Morgan fingerprint density at radius 1 is 1.60 bits per heavy atom. The van der Waals surface area contributed by atoms with Crippen LogP contribution in [0.25, 0.3) is 0 Å². The minimum atomic E-state index is 0.584. The van der Waals surface area contributed by atoms with Gasteiger partial charge in [-0.3, -0.25) is 0 Å². The Hall–Kier alpha value is -0.900. The van der Waals surface area contributed by atoms with Crippen LogP contribution in [0, 0.1) is 5.92 Å². The molecule has 1 aromatic heterocycles. The molecule has 4 heteroatoms. The molecule has 2 rings (SSSR count). The smallest absolute Gasteiger partial charge is 0.0728 e. The molecular weight excluding hydrogens is 188 g/mol. The summed E-state index contributed by atoms with van der Waals surface area (Å²) in [4.78, 5) is 0. The van der Waals surface area contributed by atoms with E-state index >= 15 is 0 Å². The van der Waals surface area contributed by atoms with Crippen molar-refractivity contribution < 1.29 is 0 Å². The average Bonchev–Trinajstić information content (AvgIpc) is 2.67. The van der Waals surface area contributed by atoms with Crippen molar-refractivity contribution in [3.63, 3.8) is 0 Å². The van der Waals surface area contributed by atoms with E-state index in [4.69, 9.17) is 0 Å². The van der Waals surface area contributed by atoms with Crippen molar-refractivity contribution >= 4 is 0 Å². The summed E-state index contributed by atoms with van der Waals surface area (Å²) in [7, 11) is 0. The van der Waals surface area contributed by atoms with Gasteiger partial charge in [0, 0.05) is 19.0 Å². The second-order valence-corrected chi connectivity index (χ2v) is 4.46. The number of rotatable bonds is 3. The molecule has 15 heavy (non-hydrogen) atoms. The minimum absolute atomic E-state index is 0.584. The molecule has 2 unspecified atom stereocenters. The largest absolute Gasteiger partial charge is 0.316 e. The Balaban J connectivity index is 2.15. The predicted octanol–water partition coefficient (Wildman–Crippen LogP) is 1.40. The number of aryl methyl sites for hydroxylation is 1. The van der Waals surface area contributed by atoms with Gasteiger partial charge in [-0.05, 0) is 25.3 Å². The molecule has 2 atom stereocenters. The first kappa shape index (κ1) is 10.6. The van der Waals surface area contributed by atoms with Gasteiger partial charge in [0.05, 0.1) is 11.9 Å². The number of nitrogens with zero attached hydrogens (tertiary/aromatic N) is 3. The SMILES string of the molecule is CCCn1nncc1C1CNCCC1C. The van der Waals surface area contributed by atoms with Gasteiger partial charge in [0.1, 0.15) is 0 Å². The van der Waals surface area contributed by atoms with Crippen LogP contribution in [0.5, 0.6) is 0 Å². The first-order valence-electron chi connectivity index (χ1n) is 5.92. The number of hydrogen-bond donors (Lipinski definition) is 1. The van der Waals surface area contributed by atoms with Gasteiger partial charge in [-0.2, -0.15) is 0 Å². The van der Waals surface area contributed by atoms with Gasteiger partial charge in [0.25, 0.3) is 0 Å². The maximum absolute atomic E-state index is 4.15. The maximum atomic E-state index is 4.15. The van der Waals surface area contributed by atoms with E-state index in [1.54, 1.807) is 0 Å². The van der Waals surface area contributed by atoms with E-state index in [1.165, 1.54) is 12.1 Å². The number of hydrogen-bond acceptors (Lipinski definition) is 3. The van der Waals surface area contributed by atoms with Crippen LogP contribution in [0.4, 0.5) is 0 Å². The summed E-state index contributed by atoms with van der Waals surface area (Å²) in [6.45, 7) is 7.70. The van der Waals surface area contributed by atoms with E-state index < -0.39 is 0 Å². The lowest BCUT2D eigenvalue weighted by atomic mass is 9.86. The third-order valence-electron chi connectivity index (χ3n) is 3.29. The van der Waals surface area contributed by atoms with Gasteiger partial charge in [0.2, 0.25) is 0 Å².